The molecule has 0 spiro atoms. The standard InChI is InChI=1S/C10H11FO2/c11-9-5-7(13)1-2-8(9)10(6-12)3-4-10/h1-2,5,12-13H,3-4,6H2. The lowest BCUT2D eigenvalue weighted by molar-refractivity contribution is 0.252. The van der Waals surface area contributed by atoms with Crippen molar-refractivity contribution in [2.45, 2.75) is 18.3 Å². The summed E-state index contributed by atoms with van der Waals surface area (Å²) in [6.45, 7) is -0.0192. The molecule has 1 fully saturated rings. The highest BCUT2D eigenvalue weighted by Crippen LogP contribution is 2.48. The average Bonchev–Trinajstić information content (AvgIpc) is 2.85. The summed E-state index contributed by atoms with van der Waals surface area (Å²) < 4.78 is 13.3. The number of benzene rings is 1. The van der Waals surface area contributed by atoms with E-state index in [-0.39, 0.29) is 17.8 Å². The molecule has 2 rings (SSSR count). The molecule has 0 bridgehead atoms. The second-order valence-electron chi connectivity index (χ2n) is 3.60. The smallest absolute Gasteiger partial charge is 0.130 e. The molecule has 1 saturated carbocycles. The van der Waals surface area contributed by atoms with Crippen LogP contribution in [-0.4, -0.2) is 16.8 Å². The minimum absolute atomic E-state index is 0.0192. The topological polar surface area (TPSA) is 40.5 Å². The zero-order valence-electron chi connectivity index (χ0n) is 7.13. The van der Waals surface area contributed by atoms with E-state index in [2.05, 4.69) is 0 Å². The number of halogens is 1. The van der Waals surface area contributed by atoms with Crippen LogP contribution in [0, 0.1) is 5.82 Å². The molecule has 1 aromatic carbocycles. The molecule has 2 nitrogen and oxygen atoms in total. The fraction of sp³-hybridized carbons (Fsp3) is 0.400. The minimum atomic E-state index is -0.424. The lowest BCUT2D eigenvalue weighted by Gasteiger charge is -2.12. The van der Waals surface area contributed by atoms with E-state index in [1.54, 1.807) is 6.07 Å². The molecule has 13 heavy (non-hydrogen) atoms. The summed E-state index contributed by atoms with van der Waals surface area (Å²) in [5, 5.41) is 18.1. The van der Waals surface area contributed by atoms with E-state index in [0.717, 1.165) is 18.9 Å². The summed E-state index contributed by atoms with van der Waals surface area (Å²) in [5.41, 5.74) is 0.158. The van der Waals surface area contributed by atoms with E-state index in [0.29, 0.717) is 5.56 Å². The molecule has 0 heterocycles. The van der Waals surface area contributed by atoms with Crippen LogP contribution in [0.1, 0.15) is 18.4 Å². The van der Waals surface area contributed by atoms with E-state index in [9.17, 15) is 4.39 Å². The van der Waals surface area contributed by atoms with Gasteiger partial charge in [-0.1, -0.05) is 6.07 Å². The van der Waals surface area contributed by atoms with Crippen LogP contribution in [0.4, 0.5) is 4.39 Å². The van der Waals surface area contributed by atoms with Gasteiger partial charge in [-0.2, -0.15) is 0 Å². The highest BCUT2D eigenvalue weighted by molar-refractivity contribution is 5.36. The Hall–Kier alpha value is -1.09. The van der Waals surface area contributed by atoms with Gasteiger partial charge in [0.2, 0.25) is 0 Å². The maximum absolute atomic E-state index is 13.3. The first-order chi connectivity index (χ1) is 6.18. The predicted molar refractivity (Wildman–Crippen MR) is 46.1 cm³/mol. The lowest BCUT2D eigenvalue weighted by Crippen LogP contribution is -2.13. The van der Waals surface area contributed by atoms with Gasteiger partial charge in [0.15, 0.2) is 0 Å². The summed E-state index contributed by atoms with van der Waals surface area (Å²) in [6, 6.07) is 4.09. The van der Waals surface area contributed by atoms with Crippen LogP contribution >= 0.6 is 0 Å². The third kappa shape index (κ3) is 1.29. The molecule has 0 aliphatic heterocycles. The Morgan fingerprint density at radius 2 is 2.08 bits per heavy atom. The first kappa shape index (κ1) is 8.51. The summed E-state index contributed by atoms with van der Waals surface area (Å²) in [5.74, 6) is -0.499. The second-order valence-corrected chi connectivity index (χ2v) is 3.60. The van der Waals surface area contributed by atoms with Crippen molar-refractivity contribution in [1.82, 2.24) is 0 Å². The first-order valence-electron chi connectivity index (χ1n) is 4.28. The number of phenols is 1. The fourth-order valence-corrected chi connectivity index (χ4v) is 1.60. The average molecular weight is 182 g/mol. The number of aromatic hydroxyl groups is 1. The zero-order valence-corrected chi connectivity index (χ0v) is 7.13. The first-order valence-corrected chi connectivity index (χ1v) is 4.28. The van der Waals surface area contributed by atoms with Crippen molar-refractivity contribution in [2.75, 3.05) is 6.61 Å². The van der Waals surface area contributed by atoms with Gasteiger partial charge >= 0.3 is 0 Å². The normalized spacial score (nSPS) is 18.6. The van der Waals surface area contributed by atoms with Crippen LogP contribution in [0.2, 0.25) is 0 Å². The highest BCUT2D eigenvalue weighted by atomic mass is 19.1. The molecule has 3 heteroatoms. The second kappa shape index (κ2) is 2.70. The van der Waals surface area contributed by atoms with E-state index in [1.165, 1.54) is 6.07 Å². The molecule has 2 N–H and O–H groups in total. The van der Waals surface area contributed by atoms with Gasteiger partial charge in [0.25, 0.3) is 0 Å². The van der Waals surface area contributed by atoms with E-state index in [1.807, 2.05) is 0 Å². The molecule has 0 saturated heterocycles. The number of phenolic OH excluding ortho intramolecular Hbond substituents is 1. The van der Waals surface area contributed by atoms with E-state index < -0.39 is 5.82 Å². The van der Waals surface area contributed by atoms with Crippen molar-refractivity contribution < 1.29 is 14.6 Å². The molecular weight excluding hydrogens is 171 g/mol. The number of rotatable bonds is 2. The molecule has 1 aliphatic carbocycles. The van der Waals surface area contributed by atoms with Gasteiger partial charge in [0.1, 0.15) is 11.6 Å². The third-order valence-electron chi connectivity index (χ3n) is 2.68. The van der Waals surface area contributed by atoms with Crippen LogP contribution in [0.5, 0.6) is 5.75 Å². The van der Waals surface area contributed by atoms with Gasteiger partial charge in [-0.15, -0.1) is 0 Å². The zero-order chi connectivity index (χ0) is 9.47. The minimum Gasteiger partial charge on any atom is -0.508 e. The summed E-state index contributed by atoms with van der Waals surface area (Å²) in [4.78, 5) is 0. The molecular formula is C10H11FO2. The number of aliphatic hydroxyl groups is 1. The Morgan fingerprint density at radius 3 is 2.54 bits per heavy atom. The van der Waals surface area contributed by atoms with Gasteiger partial charge in [-0.3, -0.25) is 0 Å². The highest BCUT2D eigenvalue weighted by Gasteiger charge is 2.45. The number of aliphatic hydroxyl groups excluding tert-OH is 1. The molecule has 0 aromatic heterocycles. The molecule has 0 radical (unpaired) electrons. The largest absolute Gasteiger partial charge is 0.508 e. The third-order valence-corrected chi connectivity index (χ3v) is 2.68. The van der Waals surface area contributed by atoms with Crippen molar-refractivity contribution >= 4 is 0 Å². The molecule has 0 unspecified atom stereocenters. The summed E-state index contributed by atoms with van der Waals surface area (Å²) >= 11 is 0. The SMILES string of the molecule is OCC1(c2ccc(O)cc2F)CC1. The molecule has 1 aromatic rings. The molecule has 70 valence electrons. The van der Waals surface area contributed by atoms with Gasteiger partial charge in [-0.05, 0) is 24.5 Å². The van der Waals surface area contributed by atoms with E-state index in [4.69, 9.17) is 10.2 Å². The van der Waals surface area contributed by atoms with Crippen molar-refractivity contribution in [3.8, 4) is 5.75 Å². The summed E-state index contributed by atoms with van der Waals surface area (Å²) in [7, 11) is 0. The number of hydrogen-bond acceptors (Lipinski definition) is 2. The van der Waals surface area contributed by atoms with Gasteiger partial charge in [-0.25, -0.2) is 4.39 Å². The predicted octanol–water partition coefficient (Wildman–Crippen LogP) is 1.56. The van der Waals surface area contributed by atoms with Crippen molar-refractivity contribution in [3.05, 3.63) is 29.6 Å². The molecule has 0 atom stereocenters. The quantitative estimate of drug-likeness (QED) is 0.728. The van der Waals surface area contributed by atoms with Crippen molar-refractivity contribution in [2.24, 2.45) is 0 Å². The van der Waals surface area contributed by atoms with E-state index >= 15 is 0 Å². The Balaban J connectivity index is 2.41. The monoisotopic (exact) mass is 182 g/mol. The van der Waals surface area contributed by atoms with Crippen LogP contribution in [0.25, 0.3) is 0 Å². The Bertz CT molecular complexity index is 332. The maximum atomic E-state index is 13.3. The fourth-order valence-electron chi connectivity index (χ4n) is 1.60. The Labute approximate surface area is 75.6 Å². The Morgan fingerprint density at radius 1 is 1.38 bits per heavy atom. The lowest BCUT2D eigenvalue weighted by atomic mass is 9.96. The summed E-state index contributed by atoms with van der Waals surface area (Å²) in [6.07, 6.45) is 1.65. The van der Waals surface area contributed by atoms with Crippen LogP contribution in [-0.2, 0) is 5.41 Å². The van der Waals surface area contributed by atoms with Crippen LogP contribution in [0.3, 0.4) is 0 Å². The van der Waals surface area contributed by atoms with Crippen molar-refractivity contribution in [3.63, 3.8) is 0 Å². The van der Waals surface area contributed by atoms with Gasteiger partial charge in [0, 0.05) is 11.5 Å². The van der Waals surface area contributed by atoms with Crippen LogP contribution < -0.4 is 0 Å². The molecule has 1 aliphatic rings. The van der Waals surface area contributed by atoms with Crippen LogP contribution in [0.15, 0.2) is 18.2 Å². The number of hydrogen-bond donors (Lipinski definition) is 2. The van der Waals surface area contributed by atoms with Crippen molar-refractivity contribution in [1.29, 1.82) is 0 Å². The molecule has 0 amide bonds. The van der Waals surface area contributed by atoms with Gasteiger partial charge in [0.05, 0.1) is 6.61 Å². The maximum Gasteiger partial charge on any atom is 0.130 e. The van der Waals surface area contributed by atoms with Gasteiger partial charge < -0.3 is 10.2 Å². The Kier molecular flexibility index (Phi) is 1.77.